The first kappa shape index (κ1) is 11.8. The van der Waals surface area contributed by atoms with Gasteiger partial charge < -0.3 is 0 Å². The van der Waals surface area contributed by atoms with Crippen LogP contribution in [0.2, 0.25) is 0 Å². The molecular weight excluding hydrogens is 311 g/mol. The van der Waals surface area contributed by atoms with E-state index in [1.165, 1.54) is 6.07 Å². The fourth-order valence-corrected chi connectivity index (χ4v) is 2.04. The highest BCUT2D eigenvalue weighted by Gasteiger charge is 2.10. The summed E-state index contributed by atoms with van der Waals surface area (Å²) in [7, 11) is 0. The molecule has 0 atom stereocenters. The van der Waals surface area contributed by atoms with E-state index in [0.717, 1.165) is 0 Å². The second-order valence-corrected chi connectivity index (χ2v) is 4.76. The number of fused-ring (bicyclic) bond motifs is 1. The fourth-order valence-electron chi connectivity index (χ4n) is 1.79. The Morgan fingerprint density at radius 2 is 2.05 bits per heavy atom. The minimum absolute atomic E-state index is 0.358. The molecule has 0 amide bonds. The van der Waals surface area contributed by atoms with Gasteiger partial charge in [0.05, 0.1) is 16.1 Å². The standard InChI is InChI=1S/C13H6BrFN4/c14-10-2-1-9(6-11(10)15)13-18-17-12-5-8(7-16)3-4-19(12)13/h1-6H. The van der Waals surface area contributed by atoms with Gasteiger partial charge in [0.25, 0.3) is 0 Å². The lowest BCUT2D eigenvalue weighted by atomic mass is 10.2. The normalized spacial score (nSPS) is 10.6. The lowest BCUT2D eigenvalue weighted by Crippen LogP contribution is -1.91. The average Bonchev–Trinajstić information content (AvgIpc) is 2.84. The molecule has 92 valence electrons. The highest BCUT2D eigenvalue weighted by molar-refractivity contribution is 9.10. The molecule has 1 aromatic carbocycles. The van der Waals surface area contributed by atoms with Crippen LogP contribution in [-0.4, -0.2) is 14.6 Å². The van der Waals surface area contributed by atoms with Crippen LogP contribution in [0, 0.1) is 17.1 Å². The predicted molar refractivity (Wildman–Crippen MR) is 70.8 cm³/mol. The van der Waals surface area contributed by atoms with Crippen LogP contribution in [0.4, 0.5) is 4.39 Å². The molecule has 0 N–H and O–H groups in total. The van der Waals surface area contributed by atoms with E-state index in [2.05, 4.69) is 26.1 Å². The summed E-state index contributed by atoms with van der Waals surface area (Å²) < 4.78 is 15.7. The SMILES string of the molecule is N#Cc1ccn2c(-c3ccc(Br)c(F)c3)nnc2c1. The van der Waals surface area contributed by atoms with Crippen LogP contribution in [0.5, 0.6) is 0 Å². The molecule has 0 unspecified atom stereocenters. The van der Waals surface area contributed by atoms with Crippen molar-refractivity contribution in [2.45, 2.75) is 0 Å². The van der Waals surface area contributed by atoms with Gasteiger partial charge in [-0.1, -0.05) is 0 Å². The van der Waals surface area contributed by atoms with E-state index in [0.29, 0.717) is 27.1 Å². The summed E-state index contributed by atoms with van der Waals surface area (Å²) in [6.07, 6.45) is 1.70. The van der Waals surface area contributed by atoms with Gasteiger partial charge in [-0.05, 0) is 40.2 Å². The number of aromatic nitrogens is 3. The number of hydrogen-bond donors (Lipinski definition) is 0. The van der Waals surface area contributed by atoms with Crippen molar-refractivity contribution in [2.24, 2.45) is 0 Å². The van der Waals surface area contributed by atoms with Crippen molar-refractivity contribution < 1.29 is 4.39 Å². The van der Waals surface area contributed by atoms with Gasteiger partial charge in [0.1, 0.15) is 5.82 Å². The lowest BCUT2D eigenvalue weighted by molar-refractivity contribution is 0.621. The number of benzene rings is 1. The molecule has 3 aromatic rings. The molecule has 3 rings (SSSR count). The van der Waals surface area contributed by atoms with E-state index >= 15 is 0 Å². The molecule has 0 spiro atoms. The van der Waals surface area contributed by atoms with E-state index < -0.39 is 0 Å². The van der Waals surface area contributed by atoms with E-state index in [1.54, 1.807) is 34.9 Å². The molecule has 4 nitrogen and oxygen atoms in total. The van der Waals surface area contributed by atoms with Crippen LogP contribution in [0.1, 0.15) is 5.56 Å². The summed E-state index contributed by atoms with van der Waals surface area (Å²) in [5.41, 5.74) is 1.68. The second-order valence-electron chi connectivity index (χ2n) is 3.91. The second kappa shape index (κ2) is 4.44. The van der Waals surface area contributed by atoms with Crippen molar-refractivity contribution in [1.29, 1.82) is 5.26 Å². The first-order valence-corrected chi connectivity index (χ1v) is 6.18. The van der Waals surface area contributed by atoms with Gasteiger partial charge in [0, 0.05) is 17.8 Å². The number of pyridine rings is 1. The zero-order valence-corrected chi connectivity index (χ0v) is 11.1. The maximum atomic E-state index is 13.5. The van der Waals surface area contributed by atoms with Gasteiger partial charge in [-0.15, -0.1) is 10.2 Å². The van der Waals surface area contributed by atoms with E-state index in [9.17, 15) is 4.39 Å². The fraction of sp³-hybridized carbons (Fsp3) is 0. The van der Waals surface area contributed by atoms with Crippen molar-refractivity contribution in [2.75, 3.05) is 0 Å². The smallest absolute Gasteiger partial charge is 0.168 e. The Labute approximate surface area is 116 Å². The largest absolute Gasteiger partial charge is 0.282 e. The van der Waals surface area contributed by atoms with Crippen molar-refractivity contribution in [3.63, 3.8) is 0 Å². The first-order chi connectivity index (χ1) is 9.19. The van der Waals surface area contributed by atoms with Crippen molar-refractivity contribution in [3.8, 4) is 17.5 Å². The topological polar surface area (TPSA) is 54.0 Å². The van der Waals surface area contributed by atoms with Crippen LogP contribution in [-0.2, 0) is 0 Å². The number of nitriles is 1. The van der Waals surface area contributed by atoms with Crippen molar-refractivity contribution in [3.05, 3.63) is 52.4 Å². The molecule has 0 aliphatic rings. The Morgan fingerprint density at radius 1 is 1.21 bits per heavy atom. The van der Waals surface area contributed by atoms with Crippen LogP contribution in [0.25, 0.3) is 17.0 Å². The first-order valence-electron chi connectivity index (χ1n) is 5.39. The van der Waals surface area contributed by atoms with Gasteiger partial charge >= 0.3 is 0 Å². The summed E-state index contributed by atoms with van der Waals surface area (Å²) in [5.74, 6) is 0.175. The van der Waals surface area contributed by atoms with Crippen molar-refractivity contribution in [1.82, 2.24) is 14.6 Å². The molecule has 0 aliphatic heterocycles. The third-order valence-corrected chi connectivity index (χ3v) is 3.36. The minimum atomic E-state index is -0.358. The number of halogens is 2. The van der Waals surface area contributed by atoms with Gasteiger partial charge in [-0.25, -0.2) is 4.39 Å². The molecule has 0 saturated heterocycles. The Bertz CT molecular complexity index is 819. The molecule has 0 bridgehead atoms. The molecular formula is C13H6BrFN4. The van der Waals surface area contributed by atoms with Crippen LogP contribution < -0.4 is 0 Å². The predicted octanol–water partition coefficient (Wildman–Crippen LogP) is 3.17. The van der Waals surface area contributed by atoms with Crippen molar-refractivity contribution >= 4 is 21.6 Å². The molecule has 2 heterocycles. The quantitative estimate of drug-likeness (QED) is 0.693. The third-order valence-electron chi connectivity index (χ3n) is 2.72. The summed E-state index contributed by atoms with van der Waals surface area (Å²) in [4.78, 5) is 0. The third kappa shape index (κ3) is 1.98. The zero-order chi connectivity index (χ0) is 13.4. The van der Waals surface area contributed by atoms with Crippen LogP contribution in [0.15, 0.2) is 41.0 Å². The average molecular weight is 317 g/mol. The number of hydrogen-bond acceptors (Lipinski definition) is 3. The Kier molecular flexibility index (Phi) is 2.76. The van der Waals surface area contributed by atoms with Gasteiger partial charge in [-0.2, -0.15) is 5.26 Å². The molecule has 2 aromatic heterocycles. The molecule has 0 saturated carbocycles. The maximum absolute atomic E-state index is 13.5. The summed E-state index contributed by atoms with van der Waals surface area (Å²) >= 11 is 3.11. The molecule has 0 aliphatic carbocycles. The van der Waals surface area contributed by atoms with Gasteiger partial charge in [0.2, 0.25) is 0 Å². The van der Waals surface area contributed by atoms with Gasteiger partial charge in [-0.3, -0.25) is 4.40 Å². The zero-order valence-electron chi connectivity index (χ0n) is 9.51. The van der Waals surface area contributed by atoms with Crippen LogP contribution in [0.3, 0.4) is 0 Å². The molecule has 19 heavy (non-hydrogen) atoms. The highest BCUT2D eigenvalue weighted by atomic mass is 79.9. The summed E-state index contributed by atoms with van der Waals surface area (Å²) in [6.45, 7) is 0. The van der Waals surface area contributed by atoms with E-state index in [4.69, 9.17) is 5.26 Å². The molecule has 0 radical (unpaired) electrons. The number of nitrogens with zero attached hydrogens (tertiary/aromatic N) is 4. The lowest BCUT2D eigenvalue weighted by Gasteiger charge is -2.01. The number of rotatable bonds is 1. The molecule has 6 heteroatoms. The summed E-state index contributed by atoms with van der Waals surface area (Å²) in [5, 5.41) is 16.8. The van der Waals surface area contributed by atoms with Gasteiger partial charge in [0.15, 0.2) is 11.5 Å². The van der Waals surface area contributed by atoms with Crippen LogP contribution >= 0.6 is 15.9 Å². The highest BCUT2D eigenvalue weighted by Crippen LogP contribution is 2.23. The monoisotopic (exact) mass is 316 g/mol. The minimum Gasteiger partial charge on any atom is -0.282 e. The maximum Gasteiger partial charge on any atom is 0.168 e. The van der Waals surface area contributed by atoms with E-state index in [-0.39, 0.29) is 5.82 Å². The Hall–Kier alpha value is -2.26. The molecule has 0 fully saturated rings. The Balaban J connectivity index is 2.20. The van der Waals surface area contributed by atoms with E-state index in [1.807, 2.05) is 6.07 Å². The Morgan fingerprint density at radius 3 is 2.79 bits per heavy atom. The summed E-state index contributed by atoms with van der Waals surface area (Å²) in [6, 6.07) is 10.1.